The second-order valence-corrected chi connectivity index (χ2v) is 7.92. The molecule has 1 saturated heterocycles. The van der Waals surface area contributed by atoms with E-state index < -0.39 is 0 Å². The first-order valence-electron chi connectivity index (χ1n) is 9.90. The number of rotatable bonds is 8. The van der Waals surface area contributed by atoms with Crippen LogP contribution in [0.5, 0.6) is 11.5 Å². The van der Waals surface area contributed by atoms with Crippen LogP contribution in [0, 0.1) is 0 Å². The van der Waals surface area contributed by atoms with Crippen molar-refractivity contribution in [1.29, 1.82) is 0 Å². The number of hydrogen-bond acceptors (Lipinski definition) is 6. The van der Waals surface area contributed by atoms with Crippen molar-refractivity contribution in [3.63, 3.8) is 0 Å². The lowest BCUT2D eigenvalue weighted by Crippen LogP contribution is -2.46. The van der Waals surface area contributed by atoms with Gasteiger partial charge in [-0.3, -0.25) is 4.90 Å². The largest absolute Gasteiger partial charge is 0.495 e. The van der Waals surface area contributed by atoms with Gasteiger partial charge in [0.05, 0.1) is 35.1 Å². The quantitative estimate of drug-likeness (QED) is 0.530. The molecule has 1 aliphatic rings. The Morgan fingerprint density at radius 2 is 1.89 bits per heavy atom. The third-order valence-corrected chi connectivity index (χ3v) is 6.05. The number of ether oxygens (including phenoxy) is 2. The Morgan fingerprint density at radius 1 is 1.04 bits per heavy atom. The first kappa shape index (κ1) is 19.0. The maximum absolute atomic E-state index is 5.90. The normalized spacial score (nSPS) is 15.1. The van der Waals surface area contributed by atoms with Crippen LogP contribution in [-0.2, 0) is 0 Å². The van der Waals surface area contributed by atoms with Crippen LogP contribution in [0.4, 0.5) is 5.69 Å². The fourth-order valence-corrected chi connectivity index (χ4v) is 4.32. The number of nitrogens with zero attached hydrogens (tertiary/aromatic N) is 3. The number of fused-ring (bicyclic) bond motifs is 1. The SMILES string of the molecule is COc1ccccc1N1CCN(CCCCOc2ccc3scnc3c2)CC1. The monoisotopic (exact) mass is 397 g/mol. The van der Waals surface area contributed by atoms with Crippen molar-refractivity contribution in [2.45, 2.75) is 12.8 Å². The van der Waals surface area contributed by atoms with E-state index >= 15 is 0 Å². The Labute approximate surface area is 170 Å². The van der Waals surface area contributed by atoms with Crippen molar-refractivity contribution in [2.75, 3.05) is 51.3 Å². The number of anilines is 1. The molecule has 0 N–H and O–H groups in total. The van der Waals surface area contributed by atoms with Gasteiger partial charge < -0.3 is 14.4 Å². The molecule has 148 valence electrons. The van der Waals surface area contributed by atoms with Gasteiger partial charge in [0.15, 0.2) is 0 Å². The van der Waals surface area contributed by atoms with Crippen molar-refractivity contribution in [1.82, 2.24) is 9.88 Å². The number of methoxy groups -OCH3 is 1. The van der Waals surface area contributed by atoms with E-state index in [1.54, 1.807) is 18.4 Å². The molecule has 1 fully saturated rings. The third-order valence-electron chi connectivity index (χ3n) is 5.24. The zero-order chi connectivity index (χ0) is 19.2. The minimum absolute atomic E-state index is 0.761. The molecule has 6 heteroatoms. The highest BCUT2D eigenvalue weighted by Gasteiger charge is 2.19. The second-order valence-electron chi connectivity index (χ2n) is 7.04. The van der Waals surface area contributed by atoms with Gasteiger partial charge in [-0.2, -0.15) is 0 Å². The smallest absolute Gasteiger partial charge is 0.142 e. The number of unbranched alkanes of at least 4 members (excludes halogenated alkanes) is 1. The molecule has 3 aromatic rings. The molecule has 2 heterocycles. The minimum Gasteiger partial charge on any atom is -0.495 e. The molecule has 1 aromatic heterocycles. The molecule has 0 atom stereocenters. The van der Waals surface area contributed by atoms with E-state index in [2.05, 4.69) is 33.0 Å². The van der Waals surface area contributed by atoms with Crippen LogP contribution in [0.15, 0.2) is 48.0 Å². The Hall–Kier alpha value is -2.31. The Kier molecular flexibility index (Phi) is 6.29. The average molecular weight is 398 g/mol. The first-order valence-corrected chi connectivity index (χ1v) is 10.8. The zero-order valence-electron chi connectivity index (χ0n) is 16.3. The number of aromatic nitrogens is 1. The number of piperazine rings is 1. The molecule has 2 aromatic carbocycles. The van der Waals surface area contributed by atoms with Gasteiger partial charge in [-0.25, -0.2) is 4.98 Å². The summed E-state index contributed by atoms with van der Waals surface area (Å²) in [4.78, 5) is 9.32. The summed E-state index contributed by atoms with van der Waals surface area (Å²) in [6.45, 7) is 6.18. The van der Waals surface area contributed by atoms with Crippen LogP contribution in [-0.4, -0.2) is 56.3 Å². The molecule has 0 spiro atoms. The molecule has 0 amide bonds. The fourth-order valence-electron chi connectivity index (χ4n) is 3.66. The average Bonchev–Trinajstić information content (AvgIpc) is 3.22. The van der Waals surface area contributed by atoms with E-state index in [0.29, 0.717) is 0 Å². The Balaban J connectivity index is 1.15. The molecule has 0 aliphatic carbocycles. The standard InChI is InChI=1S/C22H27N3O2S/c1-26-21-7-3-2-6-20(21)25-13-11-24(12-14-25)10-4-5-15-27-18-8-9-22-19(16-18)23-17-28-22/h2-3,6-9,16-17H,4-5,10-15H2,1H3. The van der Waals surface area contributed by atoms with Gasteiger partial charge in [-0.05, 0) is 43.7 Å². The maximum atomic E-state index is 5.90. The lowest BCUT2D eigenvalue weighted by atomic mass is 10.2. The second kappa shape index (κ2) is 9.26. The van der Waals surface area contributed by atoms with E-state index in [1.807, 2.05) is 29.8 Å². The Morgan fingerprint density at radius 3 is 2.75 bits per heavy atom. The van der Waals surface area contributed by atoms with Gasteiger partial charge in [-0.15, -0.1) is 11.3 Å². The van der Waals surface area contributed by atoms with E-state index in [1.165, 1.54) is 10.4 Å². The maximum Gasteiger partial charge on any atom is 0.142 e. The highest BCUT2D eigenvalue weighted by Crippen LogP contribution is 2.28. The molecular formula is C22H27N3O2S. The van der Waals surface area contributed by atoms with Crippen LogP contribution in [0.2, 0.25) is 0 Å². The van der Waals surface area contributed by atoms with Gasteiger partial charge in [-0.1, -0.05) is 12.1 Å². The third kappa shape index (κ3) is 4.56. The summed E-state index contributed by atoms with van der Waals surface area (Å²) >= 11 is 1.66. The predicted octanol–water partition coefficient (Wildman–Crippen LogP) is 4.29. The van der Waals surface area contributed by atoms with Crippen molar-refractivity contribution < 1.29 is 9.47 Å². The number of hydrogen-bond donors (Lipinski definition) is 0. The van der Waals surface area contributed by atoms with Crippen molar-refractivity contribution >= 4 is 27.2 Å². The van der Waals surface area contributed by atoms with E-state index in [0.717, 1.165) is 69.2 Å². The van der Waals surface area contributed by atoms with Crippen LogP contribution in [0.3, 0.4) is 0 Å². The van der Waals surface area contributed by atoms with E-state index in [9.17, 15) is 0 Å². The first-order chi connectivity index (χ1) is 13.8. The van der Waals surface area contributed by atoms with Crippen molar-refractivity contribution in [3.05, 3.63) is 48.0 Å². The van der Waals surface area contributed by atoms with Crippen LogP contribution in [0.1, 0.15) is 12.8 Å². The van der Waals surface area contributed by atoms with Gasteiger partial charge in [0.2, 0.25) is 0 Å². The topological polar surface area (TPSA) is 37.8 Å². The zero-order valence-corrected chi connectivity index (χ0v) is 17.2. The number of benzene rings is 2. The summed E-state index contributed by atoms with van der Waals surface area (Å²) in [5, 5.41) is 0. The van der Waals surface area contributed by atoms with Gasteiger partial charge in [0, 0.05) is 32.2 Å². The molecule has 0 unspecified atom stereocenters. The molecule has 0 radical (unpaired) electrons. The number of thiazole rings is 1. The molecule has 28 heavy (non-hydrogen) atoms. The van der Waals surface area contributed by atoms with Crippen LogP contribution in [0.25, 0.3) is 10.2 Å². The summed E-state index contributed by atoms with van der Waals surface area (Å²) < 4.78 is 12.6. The minimum atomic E-state index is 0.761. The molecule has 5 nitrogen and oxygen atoms in total. The molecule has 0 bridgehead atoms. The Bertz CT molecular complexity index is 890. The number of para-hydroxylation sites is 2. The summed E-state index contributed by atoms with van der Waals surface area (Å²) in [6.07, 6.45) is 2.23. The highest BCUT2D eigenvalue weighted by molar-refractivity contribution is 7.16. The predicted molar refractivity (Wildman–Crippen MR) is 116 cm³/mol. The summed E-state index contributed by atoms with van der Waals surface area (Å²) in [7, 11) is 1.74. The van der Waals surface area contributed by atoms with Crippen LogP contribution < -0.4 is 14.4 Å². The fraction of sp³-hybridized carbons (Fsp3) is 0.409. The van der Waals surface area contributed by atoms with E-state index in [4.69, 9.17) is 9.47 Å². The highest BCUT2D eigenvalue weighted by atomic mass is 32.1. The van der Waals surface area contributed by atoms with Crippen LogP contribution >= 0.6 is 11.3 Å². The van der Waals surface area contributed by atoms with Gasteiger partial charge in [0.25, 0.3) is 0 Å². The molecule has 0 saturated carbocycles. The summed E-state index contributed by atoms with van der Waals surface area (Å²) in [6, 6.07) is 14.4. The lowest BCUT2D eigenvalue weighted by molar-refractivity contribution is 0.238. The van der Waals surface area contributed by atoms with Crippen molar-refractivity contribution in [3.8, 4) is 11.5 Å². The van der Waals surface area contributed by atoms with Gasteiger partial charge >= 0.3 is 0 Å². The molecule has 4 rings (SSSR count). The van der Waals surface area contributed by atoms with Crippen molar-refractivity contribution in [2.24, 2.45) is 0 Å². The van der Waals surface area contributed by atoms with Gasteiger partial charge in [0.1, 0.15) is 11.5 Å². The lowest BCUT2D eigenvalue weighted by Gasteiger charge is -2.36. The molecular weight excluding hydrogens is 370 g/mol. The summed E-state index contributed by atoms with van der Waals surface area (Å²) in [5.74, 6) is 1.88. The summed E-state index contributed by atoms with van der Waals surface area (Å²) in [5.41, 5.74) is 4.10. The van der Waals surface area contributed by atoms with E-state index in [-0.39, 0.29) is 0 Å². The molecule has 1 aliphatic heterocycles.